The number of nitrogens with zero attached hydrogens (tertiary/aromatic N) is 5. The zero-order valence-electron chi connectivity index (χ0n) is 15.7. The number of hydrogen-bond acceptors (Lipinski definition) is 6. The van der Waals surface area contributed by atoms with E-state index in [9.17, 15) is 9.18 Å². The van der Waals surface area contributed by atoms with Crippen LogP contribution < -0.4 is 5.32 Å². The second-order valence-corrected chi connectivity index (χ2v) is 7.39. The Balaban J connectivity index is 1.80. The fourth-order valence-electron chi connectivity index (χ4n) is 3.08. The van der Waals surface area contributed by atoms with Crippen LogP contribution in [0.3, 0.4) is 0 Å². The lowest BCUT2D eigenvalue weighted by atomic mass is 9.97. The van der Waals surface area contributed by atoms with Gasteiger partial charge < -0.3 is 5.32 Å². The molecule has 0 spiro atoms. The number of nitrogens with one attached hydrogen (secondary N) is 1. The first-order chi connectivity index (χ1) is 14.0. The first-order valence-electron chi connectivity index (χ1n) is 8.87. The Morgan fingerprint density at radius 3 is 2.79 bits per heavy atom. The van der Waals surface area contributed by atoms with Gasteiger partial charge in [0.05, 0.1) is 11.7 Å². The van der Waals surface area contributed by atoms with E-state index in [0.29, 0.717) is 27.9 Å². The summed E-state index contributed by atoms with van der Waals surface area (Å²) in [6.45, 7) is 3.68. The normalized spacial score (nSPS) is 12.0. The molecule has 2 aromatic heterocycles. The van der Waals surface area contributed by atoms with Crippen LogP contribution in [0.1, 0.15) is 33.9 Å². The maximum absolute atomic E-state index is 14.4. The highest BCUT2D eigenvalue weighted by Gasteiger charge is 2.20. The summed E-state index contributed by atoms with van der Waals surface area (Å²) < 4.78 is 15.9. The number of carbonyl (C=O) groups is 1. The van der Waals surface area contributed by atoms with Crippen LogP contribution in [0.5, 0.6) is 0 Å². The minimum atomic E-state index is -0.374. The van der Waals surface area contributed by atoms with Crippen LogP contribution in [-0.2, 0) is 0 Å². The van der Waals surface area contributed by atoms with Gasteiger partial charge in [0, 0.05) is 22.7 Å². The van der Waals surface area contributed by atoms with E-state index in [4.69, 9.17) is 0 Å². The smallest absolute Gasteiger partial charge is 0.252 e. The van der Waals surface area contributed by atoms with Gasteiger partial charge in [-0.25, -0.2) is 14.1 Å². The Hall–Kier alpha value is -3.46. The van der Waals surface area contributed by atoms with Crippen LogP contribution >= 0.6 is 11.3 Å². The van der Waals surface area contributed by atoms with Crippen LogP contribution in [-0.4, -0.2) is 31.1 Å². The van der Waals surface area contributed by atoms with E-state index in [1.807, 2.05) is 19.2 Å². The second-order valence-electron chi connectivity index (χ2n) is 6.47. The zero-order chi connectivity index (χ0) is 20.4. The predicted molar refractivity (Wildman–Crippen MR) is 107 cm³/mol. The van der Waals surface area contributed by atoms with Gasteiger partial charge in [0.2, 0.25) is 0 Å². The molecular formula is C20H17FN6OS. The number of thiazole rings is 1. The van der Waals surface area contributed by atoms with Crippen molar-refractivity contribution in [2.24, 2.45) is 0 Å². The number of carbonyl (C=O) groups excluding carboxylic acids is 1. The highest BCUT2D eigenvalue weighted by Crippen LogP contribution is 2.29. The quantitative estimate of drug-likeness (QED) is 0.544. The Kier molecular flexibility index (Phi) is 5.13. The van der Waals surface area contributed by atoms with Crippen LogP contribution in [0.2, 0.25) is 0 Å². The van der Waals surface area contributed by atoms with Crippen molar-refractivity contribution >= 4 is 17.2 Å². The zero-order valence-corrected chi connectivity index (χ0v) is 16.5. The Bertz CT molecular complexity index is 1140. The summed E-state index contributed by atoms with van der Waals surface area (Å²) in [5, 5.41) is 16.9. The van der Waals surface area contributed by atoms with Gasteiger partial charge in [-0.1, -0.05) is 18.2 Å². The fraction of sp³-hybridized carbons (Fsp3) is 0.150. The number of rotatable bonds is 5. The molecule has 0 saturated carbocycles. The van der Waals surface area contributed by atoms with Crippen LogP contribution in [0.25, 0.3) is 16.8 Å². The van der Waals surface area contributed by atoms with Crippen LogP contribution in [0.15, 0.2) is 54.3 Å². The summed E-state index contributed by atoms with van der Waals surface area (Å²) in [6, 6.07) is 9.63. The molecule has 2 aromatic carbocycles. The number of amides is 1. The molecule has 0 fully saturated rings. The maximum Gasteiger partial charge on any atom is 0.252 e. The molecule has 29 heavy (non-hydrogen) atoms. The van der Waals surface area contributed by atoms with Crippen molar-refractivity contribution in [2.75, 3.05) is 0 Å². The van der Waals surface area contributed by atoms with Gasteiger partial charge in [0.25, 0.3) is 5.91 Å². The Labute approximate surface area is 170 Å². The minimum Gasteiger partial charge on any atom is -0.343 e. The molecule has 0 aliphatic rings. The molecule has 1 N–H and O–H groups in total. The molecule has 0 aliphatic heterocycles. The summed E-state index contributed by atoms with van der Waals surface area (Å²) >= 11 is 1.47. The van der Waals surface area contributed by atoms with Gasteiger partial charge in [-0.15, -0.1) is 16.4 Å². The molecule has 0 aliphatic carbocycles. The van der Waals surface area contributed by atoms with Crippen molar-refractivity contribution in [1.82, 2.24) is 30.5 Å². The largest absolute Gasteiger partial charge is 0.343 e. The highest BCUT2D eigenvalue weighted by atomic mass is 32.1. The molecule has 1 unspecified atom stereocenters. The van der Waals surface area contributed by atoms with E-state index < -0.39 is 0 Å². The molecule has 0 radical (unpaired) electrons. The summed E-state index contributed by atoms with van der Waals surface area (Å²) in [5.41, 5.74) is 2.65. The molecule has 4 aromatic rings. The minimum absolute atomic E-state index is 0.254. The lowest BCUT2D eigenvalue weighted by Gasteiger charge is -2.16. The topological polar surface area (TPSA) is 85.6 Å². The van der Waals surface area contributed by atoms with Gasteiger partial charge >= 0.3 is 0 Å². The van der Waals surface area contributed by atoms with E-state index in [0.717, 1.165) is 5.01 Å². The standard InChI is InChI=1S/C20H17FN6OS/c1-12-16(19(28)24-13(2)20-22-7-8-29-20)9-14(15-5-3-4-6-17(15)21)10-18(12)27-11-23-25-26-27/h3-11,13H,1-2H3,(H,24,28). The fourth-order valence-corrected chi connectivity index (χ4v) is 3.73. The second kappa shape index (κ2) is 7.88. The molecule has 4 rings (SSSR count). The van der Waals surface area contributed by atoms with Gasteiger partial charge in [-0.2, -0.15) is 0 Å². The van der Waals surface area contributed by atoms with Crippen molar-refractivity contribution in [3.8, 4) is 16.8 Å². The number of tetrazole rings is 1. The average Bonchev–Trinajstić information content (AvgIpc) is 3.43. The van der Waals surface area contributed by atoms with Gasteiger partial charge in [-0.05, 0) is 53.6 Å². The number of benzene rings is 2. The molecular weight excluding hydrogens is 391 g/mol. The molecule has 1 amide bonds. The monoisotopic (exact) mass is 408 g/mol. The van der Waals surface area contributed by atoms with E-state index in [1.165, 1.54) is 28.4 Å². The summed E-state index contributed by atoms with van der Waals surface area (Å²) in [6.07, 6.45) is 3.13. The summed E-state index contributed by atoms with van der Waals surface area (Å²) in [4.78, 5) is 17.3. The summed E-state index contributed by atoms with van der Waals surface area (Å²) in [7, 11) is 0. The van der Waals surface area contributed by atoms with Gasteiger partial charge in [0.1, 0.15) is 17.2 Å². The first-order valence-corrected chi connectivity index (χ1v) is 9.75. The molecule has 7 nitrogen and oxygen atoms in total. The average molecular weight is 408 g/mol. The van der Waals surface area contributed by atoms with E-state index in [-0.39, 0.29) is 17.8 Å². The predicted octanol–water partition coefficient (Wildman–Crippen LogP) is 3.72. The van der Waals surface area contributed by atoms with E-state index in [1.54, 1.807) is 36.5 Å². The molecule has 0 bridgehead atoms. The van der Waals surface area contributed by atoms with Crippen molar-refractivity contribution in [1.29, 1.82) is 0 Å². The number of halogens is 1. The summed E-state index contributed by atoms with van der Waals surface area (Å²) in [5.74, 6) is -0.653. The Morgan fingerprint density at radius 1 is 1.28 bits per heavy atom. The molecule has 1 atom stereocenters. The molecule has 146 valence electrons. The van der Waals surface area contributed by atoms with E-state index >= 15 is 0 Å². The van der Waals surface area contributed by atoms with Crippen molar-refractivity contribution in [3.05, 3.63) is 76.3 Å². The Morgan fingerprint density at radius 2 is 2.10 bits per heavy atom. The third-order valence-corrected chi connectivity index (χ3v) is 5.53. The van der Waals surface area contributed by atoms with Crippen molar-refractivity contribution < 1.29 is 9.18 Å². The third-order valence-electron chi connectivity index (χ3n) is 4.58. The third kappa shape index (κ3) is 3.77. The van der Waals surface area contributed by atoms with Gasteiger partial charge in [-0.3, -0.25) is 4.79 Å². The van der Waals surface area contributed by atoms with Crippen LogP contribution in [0.4, 0.5) is 4.39 Å². The molecule has 9 heteroatoms. The van der Waals surface area contributed by atoms with Crippen LogP contribution in [0, 0.1) is 12.7 Å². The van der Waals surface area contributed by atoms with E-state index in [2.05, 4.69) is 25.8 Å². The maximum atomic E-state index is 14.4. The van der Waals surface area contributed by atoms with Crippen molar-refractivity contribution in [2.45, 2.75) is 19.9 Å². The number of hydrogen-bond donors (Lipinski definition) is 1. The molecule has 2 heterocycles. The highest BCUT2D eigenvalue weighted by molar-refractivity contribution is 7.09. The lowest BCUT2D eigenvalue weighted by molar-refractivity contribution is 0.0939. The first kappa shape index (κ1) is 18.9. The molecule has 0 saturated heterocycles. The van der Waals surface area contributed by atoms with Crippen molar-refractivity contribution in [3.63, 3.8) is 0 Å². The SMILES string of the molecule is Cc1c(C(=O)NC(C)c2nccs2)cc(-c2ccccc2F)cc1-n1cnnn1. The van der Waals surface area contributed by atoms with Gasteiger partial charge in [0.15, 0.2) is 0 Å². The lowest BCUT2D eigenvalue weighted by Crippen LogP contribution is -2.27. The number of aromatic nitrogens is 5.